The van der Waals surface area contributed by atoms with Crippen LogP contribution in [0.4, 0.5) is 16.3 Å². The van der Waals surface area contributed by atoms with Gasteiger partial charge in [0.2, 0.25) is 0 Å². The first-order valence-electron chi connectivity index (χ1n) is 10.5. The maximum Gasteiger partial charge on any atom is 0.318 e. The van der Waals surface area contributed by atoms with Gasteiger partial charge in [0.1, 0.15) is 6.07 Å². The Balaban J connectivity index is 1.32. The lowest BCUT2D eigenvalue weighted by Crippen LogP contribution is -2.56. The predicted octanol–water partition coefficient (Wildman–Crippen LogP) is 2.61. The number of hydrogen-bond acceptors (Lipinski definition) is 7. The molecule has 0 radical (unpaired) electrons. The van der Waals surface area contributed by atoms with E-state index in [1.807, 2.05) is 24.0 Å². The van der Waals surface area contributed by atoms with E-state index in [9.17, 15) is 14.9 Å². The van der Waals surface area contributed by atoms with Crippen molar-refractivity contribution < 1.29 is 14.0 Å². The summed E-state index contributed by atoms with van der Waals surface area (Å²) in [5, 5.41) is 15.0. The maximum atomic E-state index is 12.8. The molecular formula is C23H23N7O3. The fraction of sp³-hybridized carbons (Fsp3) is 0.261. The third-order valence-corrected chi connectivity index (χ3v) is 5.35. The maximum absolute atomic E-state index is 12.8. The Hall–Kier alpha value is -4.39. The van der Waals surface area contributed by atoms with E-state index in [-0.39, 0.29) is 29.4 Å². The summed E-state index contributed by atoms with van der Waals surface area (Å²) >= 11 is 0. The van der Waals surface area contributed by atoms with Gasteiger partial charge in [-0.3, -0.25) is 4.79 Å². The summed E-state index contributed by atoms with van der Waals surface area (Å²) in [5.74, 6) is 0.432. The molecule has 168 valence electrons. The highest BCUT2D eigenvalue weighted by molar-refractivity contribution is 6.02. The van der Waals surface area contributed by atoms with Gasteiger partial charge in [0.15, 0.2) is 17.3 Å². The van der Waals surface area contributed by atoms with Crippen LogP contribution in [0.1, 0.15) is 28.7 Å². The molecule has 3 amide bonds. The molecule has 0 saturated carbocycles. The molecule has 3 heterocycles. The number of furan rings is 1. The summed E-state index contributed by atoms with van der Waals surface area (Å²) in [4.78, 5) is 37.0. The highest BCUT2D eigenvalue weighted by Crippen LogP contribution is 2.19. The Morgan fingerprint density at radius 3 is 2.82 bits per heavy atom. The third kappa shape index (κ3) is 5.10. The predicted molar refractivity (Wildman–Crippen MR) is 120 cm³/mol. The van der Waals surface area contributed by atoms with Crippen LogP contribution < -0.4 is 15.5 Å². The molecule has 10 nitrogen and oxygen atoms in total. The topological polar surface area (TPSA) is 127 Å². The third-order valence-electron chi connectivity index (χ3n) is 5.35. The van der Waals surface area contributed by atoms with Gasteiger partial charge >= 0.3 is 6.03 Å². The number of nitrogens with zero attached hydrogens (tertiary/aromatic N) is 5. The van der Waals surface area contributed by atoms with Crippen molar-refractivity contribution in [2.75, 3.05) is 29.9 Å². The molecule has 2 aromatic heterocycles. The van der Waals surface area contributed by atoms with Gasteiger partial charge in [-0.25, -0.2) is 14.8 Å². The Labute approximate surface area is 190 Å². The van der Waals surface area contributed by atoms with Crippen molar-refractivity contribution in [3.63, 3.8) is 0 Å². The standard InChI is InChI=1S/C23H23N7O3/c1-16-15-29(21-19(13-24)25-7-8-26-21)9-10-30(16)23(32)27-14-17-4-2-5-18(12-17)28-22(31)20-6-3-11-33-20/h2-8,11-12,16H,9-10,14-15H2,1H3,(H,27,32)(H,28,31). The number of rotatable bonds is 5. The highest BCUT2D eigenvalue weighted by atomic mass is 16.3. The summed E-state index contributed by atoms with van der Waals surface area (Å²) in [6.45, 7) is 3.88. The van der Waals surface area contributed by atoms with E-state index in [4.69, 9.17) is 4.42 Å². The fourth-order valence-corrected chi connectivity index (χ4v) is 3.73. The largest absolute Gasteiger partial charge is 0.459 e. The average Bonchev–Trinajstić information content (AvgIpc) is 3.38. The molecule has 0 spiro atoms. The zero-order valence-corrected chi connectivity index (χ0v) is 18.1. The van der Waals surface area contributed by atoms with Gasteiger partial charge in [0.05, 0.1) is 6.26 Å². The summed E-state index contributed by atoms with van der Waals surface area (Å²) in [6.07, 6.45) is 4.50. The number of anilines is 2. The van der Waals surface area contributed by atoms with Crippen LogP contribution in [0, 0.1) is 11.3 Å². The van der Waals surface area contributed by atoms with Crippen molar-refractivity contribution in [3.05, 3.63) is 72.1 Å². The number of nitriles is 1. The van der Waals surface area contributed by atoms with Crippen molar-refractivity contribution in [2.24, 2.45) is 0 Å². The van der Waals surface area contributed by atoms with Crippen LogP contribution in [0.5, 0.6) is 0 Å². The summed E-state index contributed by atoms with van der Waals surface area (Å²) < 4.78 is 5.10. The van der Waals surface area contributed by atoms with Crippen LogP contribution in [-0.2, 0) is 6.54 Å². The van der Waals surface area contributed by atoms with Gasteiger partial charge in [-0.05, 0) is 36.8 Å². The zero-order valence-electron chi connectivity index (χ0n) is 18.1. The molecule has 3 aromatic rings. The molecule has 1 aromatic carbocycles. The Kier molecular flexibility index (Phi) is 6.50. The molecule has 0 aliphatic carbocycles. The number of carbonyl (C=O) groups excluding carboxylic acids is 2. The van der Waals surface area contributed by atoms with Crippen LogP contribution in [0.2, 0.25) is 0 Å². The summed E-state index contributed by atoms with van der Waals surface area (Å²) in [6, 6.07) is 12.3. The van der Waals surface area contributed by atoms with Crippen molar-refractivity contribution in [2.45, 2.75) is 19.5 Å². The lowest BCUT2D eigenvalue weighted by Gasteiger charge is -2.40. The molecule has 4 rings (SSSR count). The van der Waals surface area contributed by atoms with Crippen LogP contribution in [0.3, 0.4) is 0 Å². The Morgan fingerprint density at radius 1 is 1.21 bits per heavy atom. The molecule has 10 heteroatoms. The second-order valence-corrected chi connectivity index (χ2v) is 7.62. The van der Waals surface area contributed by atoms with Gasteiger partial charge in [-0.1, -0.05) is 12.1 Å². The monoisotopic (exact) mass is 445 g/mol. The van der Waals surface area contributed by atoms with Gasteiger partial charge in [0, 0.05) is 50.3 Å². The number of benzene rings is 1. The van der Waals surface area contributed by atoms with Crippen molar-refractivity contribution >= 4 is 23.4 Å². The first kappa shape index (κ1) is 21.8. The van der Waals surface area contributed by atoms with E-state index in [1.54, 1.807) is 35.4 Å². The highest BCUT2D eigenvalue weighted by Gasteiger charge is 2.29. The number of hydrogen-bond donors (Lipinski definition) is 2. The molecule has 1 aliphatic heterocycles. The molecule has 1 aliphatic rings. The first-order chi connectivity index (χ1) is 16.0. The van der Waals surface area contributed by atoms with E-state index >= 15 is 0 Å². The first-order valence-corrected chi connectivity index (χ1v) is 10.5. The molecule has 2 N–H and O–H groups in total. The number of nitrogens with one attached hydrogen (secondary N) is 2. The van der Waals surface area contributed by atoms with Gasteiger partial charge < -0.3 is 24.9 Å². The van der Waals surface area contributed by atoms with E-state index in [0.717, 1.165) is 5.56 Å². The number of aromatic nitrogens is 2. The van der Waals surface area contributed by atoms with E-state index in [0.29, 0.717) is 37.7 Å². The number of carbonyl (C=O) groups is 2. The minimum atomic E-state index is -0.337. The Bertz CT molecular complexity index is 1170. The van der Waals surface area contributed by atoms with E-state index in [2.05, 4.69) is 26.7 Å². The number of piperazine rings is 1. The minimum absolute atomic E-state index is 0.0776. The SMILES string of the molecule is CC1CN(c2nccnc2C#N)CCN1C(=O)NCc1cccc(NC(=O)c2ccco2)c1. The van der Waals surface area contributed by atoms with Gasteiger partial charge in [0.25, 0.3) is 5.91 Å². The van der Waals surface area contributed by atoms with Crippen molar-refractivity contribution in [1.29, 1.82) is 5.26 Å². The number of amides is 3. The average molecular weight is 445 g/mol. The lowest BCUT2D eigenvalue weighted by atomic mass is 10.2. The molecule has 0 bridgehead atoms. The van der Waals surface area contributed by atoms with Gasteiger partial charge in [-0.15, -0.1) is 0 Å². The normalized spacial score (nSPS) is 15.6. The smallest absolute Gasteiger partial charge is 0.318 e. The van der Waals surface area contributed by atoms with Crippen LogP contribution >= 0.6 is 0 Å². The zero-order chi connectivity index (χ0) is 23.2. The molecule has 33 heavy (non-hydrogen) atoms. The summed E-state index contributed by atoms with van der Waals surface area (Å²) in [5.41, 5.74) is 1.74. The van der Waals surface area contributed by atoms with Gasteiger partial charge in [-0.2, -0.15) is 5.26 Å². The minimum Gasteiger partial charge on any atom is -0.459 e. The molecule has 1 unspecified atom stereocenters. The van der Waals surface area contributed by atoms with Crippen LogP contribution in [-0.4, -0.2) is 52.5 Å². The molecule has 1 atom stereocenters. The number of urea groups is 1. The Morgan fingerprint density at radius 2 is 2.06 bits per heavy atom. The fourth-order valence-electron chi connectivity index (χ4n) is 3.73. The van der Waals surface area contributed by atoms with Crippen LogP contribution in [0.15, 0.2) is 59.5 Å². The second-order valence-electron chi connectivity index (χ2n) is 7.62. The van der Waals surface area contributed by atoms with E-state index in [1.165, 1.54) is 12.5 Å². The second kappa shape index (κ2) is 9.82. The lowest BCUT2D eigenvalue weighted by molar-refractivity contribution is 0.0996. The van der Waals surface area contributed by atoms with E-state index < -0.39 is 0 Å². The van der Waals surface area contributed by atoms with Crippen LogP contribution in [0.25, 0.3) is 0 Å². The quantitative estimate of drug-likeness (QED) is 0.618. The van der Waals surface area contributed by atoms with Crippen molar-refractivity contribution in [3.8, 4) is 6.07 Å². The molecule has 1 saturated heterocycles. The molecular weight excluding hydrogens is 422 g/mol. The summed E-state index contributed by atoms with van der Waals surface area (Å²) in [7, 11) is 0. The molecule has 1 fully saturated rings. The van der Waals surface area contributed by atoms with Crippen molar-refractivity contribution in [1.82, 2.24) is 20.2 Å².